The van der Waals surface area contributed by atoms with Gasteiger partial charge in [-0.05, 0) is 25.0 Å². The van der Waals surface area contributed by atoms with Crippen LogP contribution in [0.2, 0.25) is 10.0 Å². The van der Waals surface area contributed by atoms with E-state index in [9.17, 15) is 4.79 Å². The molecule has 0 aromatic heterocycles. The molecule has 0 aliphatic heterocycles. The lowest BCUT2D eigenvalue weighted by Crippen LogP contribution is -2.27. The van der Waals surface area contributed by atoms with Crippen molar-refractivity contribution >= 4 is 29.2 Å². The lowest BCUT2D eigenvalue weighted by atomic mass is 10.1. The Hall–Kier alpha value is -0.930. The first kappa shape index (κ1) is 14.1. The average molecular weight is 277 g/mol. The van der Waals surface area contributed by atoms with Crippen molar-refractivity contribution in [2.45, 2.75) is 32.3 Å². The number of carboxylic acids is 1. The summed E-state index contributed by atoms with van der Waals surface area (Å²) in [4.78, 5) is 11.0. The number of hydrogen-bond donors (Lipinski definition) is 1. The van der Waals surface area contributed by atoms with Crippen LogP contribution in [0.5, 0.6) is 5.75 Å². The zero-order valence-corrected chi connectivity index (χ0v) is 11.0. The molecule has 1 atom stereocenters. The van der Waals surface area contributed by atoms with Gasteiger partial charge in [-0.2, -0.15) is 0 Å². The first-order valence-corrected chi connectivity index (χ1v) is 6.15. The first-order chi connectivity index (χ1) is 8.06. The highest BCUT2D eigenvalue weighted by Crippen LogP contribution is 2.32. The summed E-state index contributed by atoms with van der Waals surface area (Å²) in [7, 11) is 0. The van der Waals surface area contributed by atoms with Crippen molar-refractivity contribution in [2.75, 3.05) is 0 Å². The topological polar surface area (TPSA) is 46.5 Å². The summed E-state index contributed by atoms with van der Waals surface area (Å²) in [5, 5.41) is 9.62. The van der Waals surface area contributed by atoms with Crippen LogP contribution < -0.4 is 4.74 Å². The van der Waals surface area contributed by atoms with Gasteiger partial charge in [-0.1, -0.05) is 42.6 Å². The molecule has 0 radical (unpaired) electrons. The third kappa shape index (κ3) is 4.10. The molecule has 1 N–H and O–H groups in total. The number of aliphatic carboxylic acids is 1. The van der Waals surface area contributed by atoms with Gasteiger partial charge in [0.2, 0.25) is 0 Å². The summed E-state index contributed by atoms with van der Waals surface area (Å²) in [6.45, 7) is 1.99. The van der Waals surface area contributed by atoms with E-state index in [0.717, 1.165) is 12.8 Å². The van der Waals surface area contributed by atoms with Crippen molar-refractivity contribution in [2.24, 2.45) is 0 Å². The van der Waals surface area contributed by atoms with E-state index in [1.165, 1.54) is 0 Å². The molecular formula is C12H14Cl2O3. The Morgan fingerprint density at radius 2 is 2.18 bits per heavy atom. The maximum absolute atomic E-state index is 11.0. The van der Waals surface area contributed by atoms with Gasteiger partial charge in [0.15, 0.2) is 6.10 Å². The Balaban J connectivity index is 2.78. The van der Waals surface area contributed by atoms with E-state index >= 15 is 0 Å². The van der Waals surface area contributed by atoms with Crippen molar-refractivity contribution in [1.82, 2.24) is 0 Å². The molecule has 0 aliphatic carbocycles. The van der Waals surface area contributed by atoms with E-state index in [1.54, 1.807) is 18.2 Å². The van der Waals surface area contributed by atoms with Crippen LogP contribution in [0.25, 0.3) is 0 Å². The largest absolute Gasteiger partial charge is 0.479 e. The molecule has 0 saturated carbocycles. The van der Waals surface area contributed by atoms with Gasteiger partial charge in [0.25, 0.3) is 0 Å². The van der Waals surface area contributed by atoms with E-state index in [0.29, 0.717) is 17.2 Å². The maximum atomic E-state index is 11.0. The van der Waals surface area contributed by atoms with Crippen LogP contribution in [-0.2, 0) is 4.79 Å². The minimum absolute atomic E-state index is 0.247. The van der Waals surface area contributed by atoms with Crippen molar-refractivity contribution in [3.63, 3.8) is 0 Å². The minimum Gasteiger partial charge on any atom is -0.479 e. The first-order valence-electron chi connectivity index (χ1n) is 5.39. The normalized spacial score (nSPS) is 12.2. The zero-order valence-electron chi connectivity index (χ0n) is 9.45. The molecule has 1 aromatic rings. The van der Waals surface area contributed by atoms with Crippen LogP contribution in [0.1, 0.15) is 26.2 Å². The fraction of sp³-hybridized carbons (Fsp3) is 0.417. The fourth-order valence-corrected chi connectivity index (χ4v) is 1.69. The molecule has 3 nitrogen and oxygen atoms in total. The number of carboxylic acid groups (broad SMARTS) is 1. The summed E-state index contributed by atoms with van der Waals surface area (Å²) in [5.74, 6) is -0.683. The number of benzene rings is 1. The molecule has 5 heteroatoms. The average Bonchev–Trinajstić information content (AvgIpc) is 2.29. The summed E-state index contributed by atoms with van der Waals surface area (Å²) in [6, 6.07) is 4.90. The Labute approximate surface area is 110 Å². The van der Waals surface area contributed by atoms with Crippen LogP contribution in [0.3, 0.4) is 0 Å². The van der Waals surface area contributed by atoms with Crippen LogP contribution in [-0.4, -0.2) is 17.2 Å². The maximum Gasteiger partial charge on any atom is 0.344 e. The van der Waals surface area contributed by atoms with Crippen molar-refractivity contribution in [3.05, 3.63) is 28.2 Å². The SMILES string of the molecule is CCCCC(Oc1cccc(Cl)c1Cl)C(=O)O. The smallest absolute Gasteiger partial charge is 0.344 e. The van der Waals surface area contributed by atoms with E-state index < -0.39 is 12.1 Å². The predicted octanol–water partition coefficient (Wildman–Crippen LogP) is 4.02. The lowest BCUT2D eigenvalue weighted by molar-refractivity contribution is -0.145. The van der Waals surface area contributed by atoms with Gasteiger partial charge in [0.1, 0.15) is 10.8 Å². The monoisotopic (exact) mass is 276 g/mol. The molecule has 0 saturated heterocycles. The van der Waals surface area contributed by atoms with E-state index in [4.69, 9.17) is 33.0 Å². The second-order valence-electron chi connectivity index (χ2n) is 3.64. The van der Waals surface area contributed by atoms with Gasteiger partial charge >= 0.3 is 5.97 Å². The summed E-state index contributed by atoms with van der Waals surface area (Å²) in [5.41, 5.74) is 0. The molecule has 0 amide bonds. The van der Waals surface area contributed by atoms with Gasteiger partial charge in [0, 0.05) is 0 Å². The molecule has 1 rings (SSSR count). The number of hydrogen-bond acceptors (Lipinski definition) is 2. The summed E-state index contributed by atoms with van der Waals surface area (Å²) >= 11 is 11.7. The highest BCUT2D eigenvalue weighted by atomic mass is 35.5. The minimum atomic E-state index is -0.991. The molecule has 94 valence electrons. The molecule has 0 spiro atoms. The number of unbranched alkanes of at least 4 members (excludes halogenated alkanes) is 1. The molecule has 0 fully saturated rings. The Kier molecular flexibility index (Phi) is 5.59. The summed E-state index contributed by atoms with van der Waals surface area (Å²) in [6.07, 6.45) is 1.27. The Morgan fingerprint density at radius 1 is 1.47 bits per heavy atom. The van der Waals surface area contributed by atoms with Gasteiger partial charge in [-0.25, -0.2) is 4.79 Å². The summed E-state index contributed by atoms with van der Waals surface area (Å²) < 4.78 is 5.37. The van der Waals surface area contributed by atoms with Crippen LogP contribution in [0.15, 0.2) is 18.2 Å². The number of halogens is 2. The molecular weight excluding hydrogens is 263 g/mol. The second-order valence-corrected chi connectivity index (χ2v) is 4.42. The third-order valence-corrected chi connectivity index (χ3v) is 3.08. The third-order valence-electron chi connectivity index (χ3n) is 2.28. The van der Waals surface area contributed by atoms with Crippen molar-refractivity contribution in [1.29, 1.82) is 0 Å². The van der Waals surface area contributed by atoms with Gasteiger partial charge < -0.3 is 9.84 Å². The number of ether oxygens (including phenoxy) is 1. The quantitative estimate of drug-likeness (QED) is 0.854. The Bertz CT molecular complexity index is 393. The van der Waals surface area contributed by atoms with Crippen LogP contribution in [0, 0.1) is 0 Å². The molecule has 17 heavy (non-hydrogen) atoms. The number of rotatable bonds is 6. The van der Waals surface area contributed by atoms with Crippen molar-refractivity contribution < 1.29 is 14.6 Å². The highest BCUT2D eigenvalue weighted by Gasteiger charge is 2.20. The van der Waals surface area contributed by atoms with Crippen LogP contribution in [0.4, 0.5) is 0 Å². The standard InChI is InChI=1S/C12H14Cl2O3/c1-2-3-6-10(12(15)16)17-9-7-4-5-8(13)11(9)14/h4-5,7,10H,2-3,6H2,1H3,(H,15,16). The highest BCUT2D eigenvalue weighted by molar-refractivity contribution is 6.42. The van der Waals surface area contributed by atoms with Gasteiger partial charge in [-0.3, -0.25) is 0 Å². The van der Waals surface area contributed by atoms with Gasteiger partial charge in [0.05, 0.1) is 5.02 Å². The molecule has 1 unspecified atom stereocenters. The van der Waals surface area contributed by atoms with E-state index in [2.05, 4.69) is 0 Å². The molecule has 0 aliphatic rings. The predicted molar refractivity (Wildman–Crippen MR) is 68.0 cm³/mol. The second kappa shape index (κ2) is 6.72. The Morgan fingerprint density at radius 3 is 2.76 bits per heavy atom. The molecule has 0 heterocycles. The fourth-order valence-electron chi connectivity index (χ4n) is 1.35. The van der Waals surface area contributed by atoms with Crippen LogP contribution >= 0.6 is 23.2 Å². The van der Waals surface area contributed by atoms with Gasteiger partial charge in [-0.15, -0.1) is 0 Å². The van der Waals surface area contributed by atoms with E-state index in [-0.39, 0.29) is 5.02 Å². The van der Waals surface area contributed by atoms with E-state index in [1.807, 2.05) is 6.92 Å². The van der Waals surface area contributed by atoms with Crippen molar-refractivity contribution in [3.8, 4) is 5.75 Å². The number of carbonyl (C=O) groups is 1. The zero-order chi connectivity index (χ0) is 12.8. The molecule has 0 bridgehead atoms. The molecule has 1 aromatic carbocycles. The lowest BCUT2D eigenvalue weighted by Gasteiger charge is -2.16.